The van der Waals surface area contributed by atoms with E-state index in [2.05, 4.69) is 9.69 Å². The summed E-state index contributed by atoms with van der Waals surface area (Å²) in [4.78, 5) is 25.5. The van der Waals surface area contributed by atoms with Crippen LogP contribution in [0.4, 0.5) is 5.00 Å². The lowest BCUT2D eigenvalue weighted by Crippen LogP contribution is -2.34. The van der Waals surface area contributed by atoms with E-state index < -0.39 is 5.97 Å². The predicted octanol–water partition coefficient (Wildman–Crippen LogP) is 1.50. The van der Waals surface area contributed by atoms with Gasteiger partial charge in [0, 0.05) is 13.0 Å². The summed E-state index contributed by atoms with van der Waals surface area (Å²) in [5.74, 6) is -0.958. The number of piperidine rings is 1. The Morgan fingerprint density at radius 2 is 2.10 bits per heavy atom. The zero-order chi connectivity index (χ0) is 15.2. The molecule has 7 heteroatoms. The third-order valence-electron chi connectivity index (χ3n) is 4.78. The summed E-state index contributed by atoms with van der Waals surface area (Å²) in [6.07, 6.45) is 2.99. The second-order valence-corrected chi connectivity index (χ2v) is 6.77. The number of aromatic carboxylic acids is 1. The molecule has 1 saturated heterocycles. The van der Waals surface area contributed by atoms with Crippen LogP contribution in [0.2, 0.25) is 0 Å². The number of anilines is 1. The van der Waals surface area contributed by atoms with Crippen molar-refractivity contribution in [2.45, 2.75) is 26.2 Å². The monoisotopic (exact) mass is 309 g/mol. The minimum Gasteiger partial charge on any atom is -0.478 e. The Morgan fingerprint density at radius 3 is 2.71 bits per heavy atom. The molecule has 21 heavy (non-hydrogen) atoms. The molecule has 0 bridgehead atoms. The highest BCUT2D eigenvalue weighted by atomic mass is 32.1. The molecule has 0 radical (unpaired) electrons. The summed E-state index contributed by atoms with van der Waals surface area (Å²) >= 11 is 1.08. The molecule has 114 valence electrons. The normalized spacial score (nSPS) is 23.0. The van der Waals surface area contributed by atoms with Crippen molar-refractivity contribution in [2.75, 3.05) is 25.0 Å². The zero-order valence-electron chi connectivity index (χ0n) is 12.2. The van der Waals surface area contributed by atoms with Gasteiger partial charge in [0.2, 0.25) is 5.91 Å². The maximum atomic E-state index is 12.7. The van der Waals surface area contributed by atoms with Crippen LogP contribution in [0.25, 0.3) is 0 Å². The molecule has 1 spiro atoms. The number of carbonyl (C=O) groups excluding carboxylic acids is 1. The Bertz CT molecular complexity index is 592. The largest absolute Gasteiger partial charge is 0.478 e. The molecule has 2 aliphatic rings. The number of rotatable bonds is 3. The van der Waals surface area contributed by atoms with E-state index in [0.717, 1.165) is 43.9 Å². The van der Waals surface area contributed by atoms with E-state index in [0.29, 0.717) is 10.7 Å². The Balaban J connectivity index is 1.79. The number of nitrogens with one attached hydrogen (secondary N) is 1. The van der Waals surface area contributed by atoms with Gasteiger partial charge in [0.15, 0.2) is 0 Å². The van der Waals surface area contributed by atoms with Crippen LogP contribution in [-0.4, -0.2) is 41.5 Å². The second-order valence-electron chi connectivity index (χ2n) is 6.02. The standard InChI is InChI=1S/C14H19N3O3S/c1-8-10(13(19)20)12(21-16-8)17(2)11(18)9-7-14(9)3-5-15-6-4-14/h9,15H,3-7H2,1-2H3,(H,19,20). The van der Waals surface area contributed by atoms with Crippen LogP contribution >= 0.6 is 11.5 Å². The fraction of sp³-hybridized carbons (Fsp3) is 0.643. The van der Waals surface area contributed by atoms with E-state index in [1.54, 1.807) is 14.0 Å². The molecule has 2 N–H and O–H groups in total. The predicted molar refractivity (Wildman–Crippen MR) is 79.9 cm³/mol. The molecule has 2 fully saturated rings. The minimum absolute atomic E-state index is 0.0306. The van der Waals surface area contributed by atoms with Crippen molar-refractivity contribution >= 4 is 28.4 Å². The average Bonchev–Trinajstić information content (AvgIpc) is 2.99. The highest BCUT2D eigenvalue weighted by Crippen LogP contribution is 2.59. The van der Waals surface area contributed by atoms with Gasteiger partial charge >= 0.3 is 5.97 Å². The van der Waals surface area contributed by atoms with Crippen molar-refractivity contribution in [3.8, 4) is 0 Å². The molecule has 2 heterocycles. The van der Waals surface area contributed by atoms with Gasteiger partial charge < -0.3 is 15.3 Å². The highest BCUT2D eigenvalue weighted by molar-refractivity contribution is 7.11. The Morgan fingerprint density at radius 1 is 1.43 bits per heavy atom. The number of nitrogens with zero attached hydrogens (tertiary/aromatic N) is 2. The van der Waals surface area contributed by atoms with E-state index in [-0.39, 0.29) is 22.8 Å². The molecule has 0 aromatic carbocycles. The van der Waals surface area contributed by atoms with Crippen molar-refractivity contribution in [3.63, 3.8) is 0 Å². The molecule has 1 aromatic rings. The Hall–Kier alpha value is -1.47. The number of carboxylic acid groups (broad SMARTS) is 1. The summed E-state index contributed by atoms with van der Waals surface area (Å²) in [6.45, 7) is 3.59. The lowest BCUT2D eigenvalue weighted by atomic mass is 9.91. The van der Waals surface area contributed by atoms with Gasteiger partial charge in [-0.3, -0.25) is 4.79 Å². The van der Waals surface area contributed by atoms with Gasteiger partial charge in [0.1, 0.15) is 10.6 Å². The number of aromatic nitrogens is 1. The number of hydrogen-bond acceptors (Lipinski definition) is 5. The number of hydrogen-bond donors (Lipinski definition) is 2. The van der Waals surface area contributed by atoms with Crippen LogP contribution in [0.15, 0.2) is 0 Å². The van der Waals surface area contributed by atoms with Gasteiger partial charge in [-0.05, 0) is 56.2 Å². The van der Waals surface area contributed by atoms with E-state index in [1.165, 1.54) is 4.90 Å². The van der Waals surface area contributed by atoms with Gasteiger partial charge in [0.25, 0.3) is 0 Å². The van der Waals surface area contributed by atoms with E-state index in [9.17, 15) is 14.7 Å². The molecule has 6 nitrogen and oxygen atoms in total. The van der Waals surface area contributed by atoms with Gasteiger partial charge in [-0.1, -0.05) is 0 Å². The number of carbonyl (C=O) groups is 2. The molecule has 1 saturated carbocycles. The highest BCUT2D eigenvalue weighted by Gasteiger charge is 2.58. The van der Waals surface area contributed by atoms with Crippen LogP contribution in [0.5, 0.6) is 0 Å². The molecule has 1 aromatic heterocycles. The Kier molecular flexibility index (Phi) is 3.49. The van der Waals surface area contributed by atoms with Crippen LogP contribution < -0.4 is 10.2 Å². The van der Waals surface area contributed by atoms with E-state index in [4.69, 9.17) is 0 Å². The molecule has 1 atom stereocenters. The first-order valence-electron chi connectivity index (χ1n) is 7.14. The molecule has 1 aliphatic heterocycles. The zero-order valence-corrected chi connectivity index (χ0v) is 13.0. The maximum absolute atomic E-state index is 12.7. The second kappa shape index (κ2) is 5.06. The molecular formula is C14H19N3O3S. The summed E-state index contributed by atoms with van der Waals surface area (Å²) < 4.78 is 4.08. The fourth-order valence-electron chi connectivity index (χ4n) is 3.34. The number of amides is 1. The van der Waals surface area contributed by atoms with Crippen LogP contribution in [0.1, 0.15) is 35.3 Å². The molecular weight excluding hydrogens is 290 g/mol. The Labute approximate surface area is 127 Å². The SMILES string of the molecule is Cc1nsc(N(C)C(=O)C2CC23CCNCC3)c1C(=O)O. The summed E-state index contributed by atoms with van der Waals surface area (Å²) in [7, 11) is 1.66. The first-order valence-corrected chi connectivity index (χ1v) is 7.91. The van der Waals surface area contributed by atoms with Crippen LogP contribution in [0.3, 0.4) is 0 Å². The topological polar surface area (TPSA) is 82.5 Å². The van der Waals surface area contributed by atoms with Crippen LogP contribution in [0, 0.1) is 18.3 Å². The summed E-state index contributed by atoms with van der Waals surface area (Å²) in [6, 6.07) is 0. The minimum atomic E-state index is -1.02. The summed E-state index contributed by atoms with van der Waals surface area (Å²) in [5, 5.41) is 13.0. The first-order chi connectivity index (χ1) is 9.96. The maximum Gasteiger partial charge on any atom is 0.340 e. The fourth-order valence-corrected chi connectivity index (χ4v) is 4.19. The van der Waals surface area contributed by atoms with Crippen molar-refractivity contribution in [3.05, 3.63) is 11.3 Å². The lowest BCUT2D eigenvalue weighted by molar-refractivity contribution is -0.120. The summed E-state index contributed by atoms with van der Waals surface area (Å²) in [5.41, 5.74) is 0.769. The first kappa shape index (κ1) is 14.5. The molecule has 1 amide bonds. The molecule has 1 aliphatic carbocycles. The van der Waals surface area contributed by atoms with E-state index in [1.807, 2.05) is 0 Å². The van der Waals surface area contributed by atoms with Gasteiger partial charge in [0.05, 0.1) is 5.69 Å². The van der Waals surface area contributed by atoms with Gasteiger partial charge in [-0.2, -0.15) is 4.37 Å². The molecule has 3 rings (SSSR count). The van der Waals surface area contributed by atoms with Crippen molar-refractivity contribution in [1.29, 1.82) is 0 Å². The number of carboxylic acids is 1. The smallest absolute Gasteiger partial charge is 0.340 e. The number of aryl methyl sites for hydroxylation is 1. The van der Waals surface area contributed by atoms with Crippen molar-refractivity contribution in [2.24, 2.45) is 11.3 Å². The molecule has 1 unspecified atom stereocenters. The van der Waals surface area contributed by atoms with Gasteiger partial charge in [-0.25, -0.2) is 4.79 Å². The lowest BCUT2D eigenvalue weighted by Gasteiger charge is -2.24. The third-order valence-corrected chi connectivity index (χ3v) is 5.80. The van der Waals surface area contributed by atoms with Crippen molar-refractivity contribution in [1.82, 2.24) is 9.69 Å². The van der Waals surface area contributed by atoms with Gasteiger partial charge in [-0.15, -0.1) is 0 Å². The quantitative estimate of drug-likeness (QED) is 0.884. The average molecular weight is 309 g/mol. The third kappa shape index (κ3) is 2.34. The van der Waals surface area contributed by atoms with Crippen molar-refractivity contribution < 1.29 is 14.7 Å². The van der Waals surface area contributed by atoms with Crippen LogP contribution in [-0.2, 0) is 4.79 Å². The van der Waals surface area contributed by atoms with E-state index >= 15 is 0 Å².